The Morgan fingerprint density at radius 2 is 1.69 bits per heavy atom. The molecule has 0 radical (unpaired) electrons. The van der Waals surface area contributed by atoms with E-state index in [1.807, 2.05) is 0 Å². The molecule has 0 saturated heterocycles. The Morgan fingerprint density at radius 1 is 1.00 bits per heavy atom. The molecule has 0 N–H and O–H groups in total. The van der Waals surface area contributed by atoms with E-state index in [4.69, 9.17) is 14.2 Å². The zero-order valence-electron chi connectivity index (χ0n) is 7.83. The monoisotopic (exact) mass is 200 g/mol. The van der Waals surface area contributed by atoms with Crippen molar-refractivity contribution in [1.29, 1.82) is 0 Å². The van der Waals surface area contributed by atoms with Crippen LogP contribution in [0.1, 0.15) is 0 Å². The summed E-state index contributed by atoms with van der Waals surface area (Å²) in [5.74, 6) is 1.93. The SMILES string of the molecule is COc1cc(S)c(OC)c(OC)c1. The number of hydrogen-bond acceptors (Lipinski definition) is 4. The van der Waals surface area contributed by atoms with Crippen molar-refractivity contribution in [2.24, 2.45) is 0 Å². The van der Waals surface area contributed by atoms with Gasteiger partial charge >= 0.3 is 0 Å². The van der Waals surface area contributed by atoms with Crippen molar-refractivity contribution >= 4 is 12.6 Å². The highest BCUT2D eigenvalue weighted by atomic mass is 32.1. The predicted molar refractivity (Wildman–Crippen MR) is 53.4 cm³/mol. The van der Waals surface area contributed by atoms with Gasteiger partial charge in [-0.1, -0.05) is 0 Å². The summed E-state index contributed by atoms with van der Waals surface area (Å²) in [4.78, 5) is 0.693. The van der Waals surface area contributed by atoms with Crippen LogP contribution in [0.2, 0.25) is 0 Å². The number of rotatable bonds is 3. The summed E-state index contributed by atoms with van der Waals surface area (Å²) in [5.41, 5.74) is 0. The third-order valence-corrected chi connectivity index (χ3v) is 2.00. The fourth-order valence-electron chi connectivity index (χ4n) is 1.04. The molecule has 0 unspecified atom stereocenters. The van der Waals surface area contributed by atoms with Gasteiger partial charge in [0, 0.05) is 6.07 Å². The first kappa shape index (κ1) is 10.1. The normalized spacial score (nSPS) is 9.54. The Kier molecular flexibility index (Phi) is 3.31. The van der Waals surface area contributed by atoms with E-state index in [2.05, 4.69) is 12.6 Å². The first-order valence-corrected chi connectivity index (χ1v) is 4.16. The fraction of sp³-hybridized carbons (Fsp3) is 0.333. The largest absolute Gasteiger partial charge is 0.497 e. The van der Waals surface area contributed by atoms with Gasteiger partial charge < -0.3 is 14.2 Å². The zero-order chi connectivity index (χ0) is 9.84. The molecule has 0 amide bonds. The van der Waals surface area contributed by atoms with Crippen LogP contribution in [0.5, 0.6) is 17.2 Å². The summed E-state index contributed by atoms with van der Waals surface area (Å²) < 4.78 is 15.3. The smallest absolute Gasteiger partial charge is 0.174 e. The van der Waals surface area contributed by atoms with Crippen LogP contribution >= 0.6 is 12.6 Å². The number of hydrogen-bond donors (Lipinski definition) is 1. The van der Waals surface area contributed by atoms with E-state index < -0.39 is 0 Å². The molecule has 0 saturated carbocycles. The average molecular weight is 200 g/mol. The Balaban J connectivity index is 3.20. The lowest BCUT2D eigenvalue weighted by Gasteiger charge is -2.11. The minimum Gasteiger partial charge on any atom is -0.497 e. The summed E-state index contributed by atoms with van der Waals surface area (Å²) in [6, 6.07) is 3.52. The lowest BCUT2D eigenvalue weighted by atomic mass is 10.3. The van der Waals surface area contributed by atoms with Gasteiger partial charge in [-0.15, -0.1) is 12.6 Å². The zero-order valence-corrected chi connectivity index (χ0v) is 8.72. The molecule has 0 fully saturated rings. The van der Waals surface area contributed by atoms with Gasteiger partial charge in [-0.25, -0.2) is 0 Å². The summed E-state index contributed by atoms with van der Waals surface area (Å²) in [6.07, 6.45) is 0. The molecule has 1 rings (SSSR count). The van der Waals surface area contributed by atoms with Crippen molar-refractivity contribution in [2.75, 3.05) is 21.3 Å². The van der Waals surface area contributed by atoms with Crippen LogP contribution in [0.15, 0.2) is 17.0 Å². The maximum Gasteiger partial charge on any atom is 0.174 e. The number of benzene rings is 1. The Bertz CT molecular complexity index is 299. The maximum absolute atomic E-state index is 5.11. The molecule has 4 heteroatoms. The number of methoxy groups -OCH3 is 3. The minimum absolute atomic E-state index is 0.617. The van der Waals surface area contributed by atoms with E-state index in [1.165, 1.54) is 0 Å². The quantitative estimate of drug-likeness (QED) is 0.756. The van der Waals surface area contributed by atoms with Gasteiger partial charge in [0.25, 0.3) is 0 Å². The molecule has 0 aromatic heterocycles. The molecule has 0 atom stereocenters. The average Bonchev–Trinajstić information content (AvgIpc) is 2.16. The molecule has 1 aromatic rings. The van der Waals surface area contributed by atoms with Gasteiger partial charge in [0.15, 0.2) is 11.5 Å². The van der Waals surface area contributed by atoms with Gasteiger partial charge in [0.05, 0.1) is 26.2 Å². The molecule has 13 heavy (non-hydrogen) atoms. The third kappa shape index (κ3) is 2.01. The van der Waals surface area contributed by atoms with Crippen molar-refractivity contribution in [3.8, 4) is 17.2 Å². The maximum atomic E-state index is 5.11. The van der Waals surface area contributed by atoms with Crippen LogP contribution in [0, 0.1) is 0 Å². The second kappa shape index (κ2) is 4.28. The van der Waals surface area contributed by atoms with Crippen LogP contribution < -0.4 is 14.2 Å². The number of thiol groups is 1. The van der Waals surface area contributed by atoms with Gasteiger partial charge in [0.1, 0.15) is 5.75 Å². The van der Waals surface area contributed by atoms with Gasteiger partial charge in [-0.05, 0) is 6.07 Å². The first-order chi connectivity index (χ1) is 6.22. The second-order valence-corrected chi connectivity index (χ2v) is 2.86. The summed E-state index contributed by atoms with van der Waals surface area (Å²) in [5, 5.41) is 0. The Morgan fingerprint density at radius 3 is 2.15 bits per heavy atom. The summed E-state index contributed by atoms with van der Waals surface area (Å²) in [7, 11) is 4.74. The first-order valence-electron chi connectivity index (χ1n) is 3.72. The lowest BCUT2D eigenvalue weighted by Crippen LogP contribution is -1.93. The van der Waals surface area contributed by atoms with E-state index in [0.717, 1.165) is 0 Å². The van der Waals surface area contributed by atoms with E-state index in [0.29, 0.717) is 22.1 Å². The van der Waals surface area contributed by atoms with Crippen molar-refractivity contribution in [3.05, 3.63) is 12.1 Å². The van der Waals surface area contributed by atoms with Crippen LogP contribution in [-0.4, -0.2) is 21.3 Å². The van der Waals surface area contributed by atoms with Crippen LogP contribution in [0.4, 0.5) is 0 Å². The molecular formula is C9H12O3S. The second-order valence-electron chi connectivity index (χ2n) is 2.38. The molecule has 0 spiro atoms. The fourth-order valence-corrected chi connectivity index (χ4v) is 1.37. The topological polar surface area (TPSA) is 27.7 Å². The molecule has 0 aliphatic rings. The van der Waals surface area contributed by atoms with Gasteiger partial charge in [-0.3, -0.25) is 0 Å². The molecule has 0 bridgehead atoms. The van der Waals surface area contributed by atoms with Gasteiger partial charge in [-0.2, -0.15) is 0 Å². The minimum atomic E-state index is 0.617. The third-order valence-electron chi connectivity index (χ3n) is 1.67. The standard InChI is InChI=1S/C9H12O3S/c1-10-6-4-7(11-2)9(12-3)8(13)5-6/h4-5,13H,1-3H3. The highest BCUT2D eigenvalue weighted by molar-refractivity contribution is 7.80. The molecule has 0 heterocycles. The van der Waals surface area contributed by atoms with Gasteiger partial charge in [0.2, 0.25) is 0 Å². The van der Waals surface area contributed by atoms with Crippen LogP contribution in [0.3, 0.4) is 0 Å². The van der Waals surface area contributed by atoms with Crippen molar-refractivity contribution < 1.29 is 14.2 Å². The predicted octanol–water partition coefficient (Wildman–Crippen LogP) is 2.00. The Hall–Kier alpha value is -1.03. The van der Waals surface area contributed by atoms with E-state index in [-0.39, 0.29) is 0 Å². The lowest BCUT2D eigenvalue weighted by molar-refractivity contribution is 0.341. The van der Waals surface area contributed by atoms with Crippen molar-refractivity contribution in [2.45, 2.75) is 4.90 Å². The Labute approximate surface area is 83.0 Å². The molecule has 0 aliphatic carbocycles. The molecular weight excluding hydrogens is 188 g/mol. The molecule has 72 valence electrons. The van der Waals surface area contributed by atoms with E-state index >= 15 is 0 Å². The molecule has 3 nitrogen and oxygen atoms in total. The highest BCUT2D eigenvalue weighted by Gasteiger charge is 2.09. The summed E-state index contributed by atoms with van der Waals surface area (Å²) in [6.45, 7) is 0. The molecule has 1 aromatic carbocycles. The van der Waals surface area contributed by atoms with E-state index in [1.54, 1.807) is 33.5 Å². The van der Waals surface area contributed by atoms with E-state index in [9.17, 15) is 0 Å². The highest BCUT2D eigenvalue weighted by Crippen LogP contribution is 2.37. The number of ether oxygens (including phenoxy) is 3. The van der Waals surface area contributed by atoms with Crippen molar-refractivity contribution in [1.82, 2.24) is 0 Å². The van der Waals surface area contributed by atoms with Crippen molar-refractivity contribution in [3.63, 3.8) is 0 Å². The van der Waals surface area contributed by atoms with Crippen LogP contribution in [-0.2, 0) is 0 Å². The summed E-state index contributed by atoms with van der Waals surface area (Å²) >= 11 is 4.24. The van der Waals surface area contributed by atoms with Crippen LogP contribution in [0.25, 0.3) is 0 Å². The molecule has 0 aliphatic heterocycles.